The van der Waals surface area contributed by atoms with Crippen LogP contribution >= 0.6 is 11.6 Å². The predicted octanol–water partition coefficient (Wildman–Crippen LogP) is 4.87. The van der Waals surface area contributed by atoms with Gasteiger partial charge >= 0.3 is 0 Å². The van der Waals surface area contributed by atoms with E-state index in [9.17, 15) is 9.59 Å². The van der Waals surface area contributed by atoms with Crippen LogP contribution in [-0.2, 0) is 6.61 Å². The standard InChI is InChI=1S/C23H21ClN2O3/c1-26(2)23(28)18-6-3-7-20(13-18)25-22(27)17-5-4-8-21(14-17)29-15-16-9-11-19(24)12-10-16/h3-14H,15H2,1-2H3,(H,25,27). The molecule has 0 aliphatic heterocycles. The summed E-state index contributed by atoms with van der Waals surface area (Å²) < 4.78 is 5.78. The van der Waals surface area contributed by atoms with Crippen molar-refractivity contribution >= 4 is 29.1 Å². The molecule has 3 rings (SSSR count). The highest BCUT2D eigenvalue weighted by molar-refractivity contribution is 6.30. The molecule has 0 aliphatic carbocycles. The lowest BCUT2D eigenvalue weighted by molar-refractivity contribution is 0.0827. The van der Waals surface area contributed by atoms with Crippen molar-refractivity contribution in [3.05, 3.63) is 94.5 Å². The van der Waals surface area contributed by atoms with E-state index in [1.807, 2.05) is 12.1 Å². The van der Waals surface area contributed by atoms with Gasteiger partial charge in [0, 0.05) is 35.9 Å². The third kappa shape index (κ3) is 5.59. The summed E-state index contributed by atoms with van der Waals surface area (Å²) in [6.07, 6.45) is 0. The molecule has 0 fully saturated rings. The third-order valence-electron chi connectivity index (χ3n) is 4.19. The Bertz CT molecular complexity index is 1020. The molecule has 0 radical (unpaired) electrons. The van der Waals surface area contributed by atoms with Crippen molar-refractivity contribution in [3.8, 4) is 5.75 Å². The summed E-state index contributed by atoms with van der Waals surface area (Å²) >= 11 is 5.89. The zero-order valence-electron chi connectivity index (χ0n) is 16.2. The smallest absolute Gasteiger partial charge is 0.255 e. The van der Waals surface area contributed by atoms with Crippen molar-refractivity contribution in [2.45, 2.75) is 6.61 Å². The van der Waals surface area contributed by atoms with Crippen LogP contribution in [0, 0.1) is 0 Å². The largest absolute Gasteiger partial charge is 0.489 e. The number of hydrogen-bond donors (Lipinski definition) is 1. The molecule has 0 saturated carbocycles. The van der Waals surface area contributed by atoms with Gasteiger partial charge in [0.1, 0.15) is 12.4 Å². The molecule has 0 spiro atoms. The van der Waals surface area contributed by atoms with E-state index in [0.717, 1.165) is 5.56 Å². The van der Waals surface area contributed by atoms with Crippen LogP contribution in [0.15, 0.2) is 72.8 Å². The van der Waals surface area contributed by atoms with Crippen molar-refractivity contribution in [2.24, 2.45) is 0 Å². The van der Waals surface area contributed by atoms with Gasteiger partial charge < -0.3 is 15.0 Å². The average molecular weight is 409 g/mol. The first-order valence-electron chi connectivity index (χ1n) is 9.03. The fraction of sp³-hybridized carbons (Fsp3) is 0.130. The van der Waals surface area contributed by atoms with E-state index in [-0.39, 0.29) is 11.8 Å². The van der Waals surface area contributed by atoms with E-state index in [4.69, 9.17) is 16.3 Å². The van der Waals surface area contributed by atoms with Crippen molar-refractivity contribution in [1.29, 1.82) is 0 Å². The molecule has 0 bridgehead atoms. The Morgan fingerprint density at radius 2 is 1.62 bits per heavy atom. The summed E-state index contributed by atoms with van der Waals surface area (Å²) in [4.78, 5) is 26.2. The maximum atomic E-state index is 12.6. The van der Waals surface area contributed by atoms with Gasteiger partial charge in [-0.2, -0.15) is 0 Å². The molecule has 3 aromatic rings. The number of rotatable bonds is 6. The van der Waals surface area contributed by atoms with Crippen molar-refractivity contribution in [3.63, 3.8) is 0 Å². The molecule has 1 N–H and O–H groups in total. The maximum Gasteiger partial charge on any atom is 0.255 e. The molecular weight excluding hydrogens is 388 g/mol. The average Bonchev–Trinajstić information content (AvgIpc) is 2.73. The van der Waals surface area contributed by atoms with Crippen LogP contribution in [0.5, 0.6) is 5.75 Å². The molecule has 3 aromatic carbocycles. The first-order valence-corrected chi connectivity index (χ1v) is 9.40. The number of ether oxygens (including phenoxy) is 1. The zero-order valence-corrected chi connectivity index (χ0v) is 16.9. The summed E-state index contributed by atoms with van der Waals surface area (Å²) in [6.45, 7) is 0.372. The summed E-state index contributed by atoms with van der Waals surface area (Å²) in [6, 6.07) is 21.2. The number of nitrogens with zero attached hydrogens (tertiary/aromatic N) is 1. The zero-order chi connectivity index (χ0) is 20.8. The van der Waals surface area contributed by atoms with Gasteiger partial charge in [-0.25, -0.2) is 0 Å². The van der Waals surface area contributed by atoms with Gasteiger partial charge in [0.25, 0.3) is 11.8 Å². The number of halogens is 1. The molecule has 0 unspecified atom stereocenters. The van der Waals surface area contributed by atoms with Crippen LogP contribution in [0.1, 0.15) is 26.3 Å². The minimum absolute atomic E-state index is 0.126. The number of anilines is 1. The van der Waals surface area contributed by atoms with Crippen molar-refractivity contribution in [1.82, 2.24) is 4.90 Å². The monoisotopic (exact) mass is 408 g/mol. The van der Waals surface area contributed by atoms with Crippen LogP contribution < -0.4 is 10.1 Å². The summed E-state index contributed by atoms with van der Waals surface area (Å²) in [7, 11) is 3.37. The molecule has 2 amide bonds. The van der Waals surface area contributed by atoms with Gasteiger partial charge in [0.2, 0.25) is 0 Å². The van der Waals surface area contributed by atoms with Gasteiger partial charge in [0.15, 0.2) is 0 Å². The topological polar surface area (TPSA) is 58.6 Å². The Morgan fingerprint density at radius 3 is 2.34 bits per heavy atom. The molecule has 5 nitrogen and oxygen atoms in total. The van der Waals surface area contributed by atoms with E-state index in [0.29, 0.717) is 34.2 Å². The molecule has 0 atom stereocenters. The van der Waals surface area contributed by atoms with Crippen LogP contribution in [-0.4, -0.2) is 30.8 Å². The van der Waals surface area contributed by atoms with Gasteiger partial charge in [-0.15, -0.1) is 0 Å². The Morgan fingerprint density at radius 1 is 0.931 bits per heavy atom. The summed E-state index contributed by atoms with van der Waals surface area (Å²) in [5.74, 6) is 0.180. The van der Waals surface area contributed by atoms with Crippen LogP contribution in [0.25, 0.3) is 0 Å². The first-order chi connectivity index (χ1) is 13.9. The predicted molar refractivity (Wildman–Crippen MR) is 115 cm³/mol. The van der Waals surface area contributed by atoms with E-state index in [1.165, 1.54) is 4.90 Å². The summed E-state index contributed by atoms with van der Waals surface area (Å²) in [5.41, 5.74) is 2.50. The molecule has 29 heavy (non-hydrogen) atoms. The SMILES string of the molecule is CN(C)C(=O)c1cccc(NC(=O)c2cccc(OCc3ccc(Cl)cc3)c2)c1. The van der Waals surface area contributed by atoms with Crippen molar-refractivity contribution in [2.75, 3.05) is 19.4 Å². The highest BCUT2D eigenvalue weighted by Gasteiger charge is 2.11. The second kappa shape index (κ2) is 9.26. The minimum atomic E-state index is -0.281. The fourth-order valence-corrected chi connectivity index (χ4v) is 2.79. The van der Waals surface area contributed by atoms with E-state index in [2.05, 4.69) is 5.32 Å². The highest BCUT2D eigenvalue weighted by atomic mass is 35.5. The second-order valence-electron chi connectivity index (χ2n) is 6.68. The molecule has 6 heteroatoms. The first kappa shape index (κ1) is 20.4. The van der Waals surface area contributed by atoms with Gasteiger partial charge in [-0.3, -0.25) is 9.59 Å². The molecule has 0 saturated heterocycles. The molecule has 0 aromatic heterocycles. The van der Waals surface area contributed by atoms with Gasteiger partial charge in [0.05, 0.1) is 0 Å². The highest BCUT2D eigenvalue weighted by Crippen LogP contribution is 2.18. The van der Waals surface area contributed by atoms with Crippen molar-refractivity contribution < 1.29 is 14.3 Å². The van der Waals surface area contributed by atoms with Gasteiger partial charge in [-0.05, 0) is 54.1 Å². The third-order valence-corrected chi connectivity index (χ3v) is 4.44. The number of amides is 2. The number of carbonyl (C=O) groups is 2. The lowest BCUT2D eigenvalue weighted by Gasteiger charge is -2.12. The van der Waals surface area contributed by atoms with E-state index in [1.54, 1.807) is 74.8 Å². The lowest BCUT2D eigenvalue weighted by atomic mass is 10.1. The fourth-order valence-electron chi connectivity index (χ4n) is 2.67. The normalized spacial score (nSPS) is 10.3. The quantitative estimate of drug-likeness (QED) is 0.632. The molecule has 0 aliphatic rings. The van der Waals surface area contributed by atoms with E-state index < -0.39 is 0 Å². The molecule has 0 heterocycles. The van der Waals surface area contributed by atoms with Crippen LogP contribution in [0.2, 0.25) is 5.02 Å². The number of benzene rings is 3. The van der Waals surface area contributed by atoms with Crippen LogP contribution in [0.3, 0.4) is 0 Å². The second-order valence-corrected chi connectivity index (χ2v) is 7.11. The molecule has 148 valence electrons. The van der Waals surface area contributed by atoms with E-state index >= 15 is 0 Å². The van der Waals surface area contributed by atoms with Gasteiger partial charge in [-0.1, -0.05) is 35.9 Å². The Balaban J connectivity index is 1.67. The van der Waals surface area contributed by atoms with Crippen LogP contribution in [0.4, 0.5) is 5.69 Å². The number of hydrogen-bond acceptors (Lipinski definition) is 3. The number of carbonyl (C=O) groups excluding carboxylic acids is 2. The lowest BCUT2D eigenvalue weighted by Crippen LogP contribution is -2.22. The Kier molecular flexibility index (Phi) is 6.52. The minimum Gasteiger partial charge on any atom is -0.489 e. The maximum absolute atomic E-state index is 12.6. The summed E-state index contributed by atoms with van der Waals surface area (Å²) in [5, 5.41) is 3.49. The Hall–Kier alpha value is -3.31. The number of nitrogens with one attached hydrogen (secondary N) is 1. The molecular formula is C23H21ClN2O3. The Labute approximate surface area is 174 Å².